The van der Waals surface area contributed by atoms with Gasteiger partial charge in [0.25, 0.3) is 10.1 Å². The van der Waals surface area contributed by atoms with E-state index in [9.17, 15) is 27.3 Å². The van der Waals surface area contributed by atoms with Crippen LogP contribution in [0.4, 0.5) is 0 Å². The van der Waals surface area contributed by atoms with Gasteiger partial charge in [0.2, 0.25) is 0 Å². The van der Waals surface area contributed by atoms with Crippen LogP contribution in [0.2, 0.25) is 0 Å². The van der Waals surface area contributed by atoms with E-state index in [2.05, 4.69) is 0 Å². The summed E-state index contributed by atoms with van der Waals surface area (Å²) in [6.07, 6.45) is 2.43. The summed E-state index contributed by atoms with van der Waals surface area (Å²) in [5, 5.41) is 0. The molecule has 0 heterocycles. The first-order chi connectivity index (χ1) is 12.7. The molecule has 0 amide bonds. The van der Waals surface area contributed by atoms with Crippen LogP contribution < -0.4 is 0 Å². The quantitative estimate of drug-likeness (QED) is 0.402. The van der Waals surface area contributed by atoms with Crippen LogP contribution >= 0.6 is 7.60 Å². The second-order valence-electron chi connectivity index (χ2n) is 6.62. The fourth-order valence-corrected chi connectivity index (χ4v) is 5.54. The van der Waals surface area contributed by atoms with Gasteiger partial charge in [-0.15, -0.1) is 0 Å². The van der Waals surface area contributed by atoms with Crippen LogP contribution in [0.25, 0.3) is 0 Å². The van der Waals surface area contributed by atoms with Crippen LogP contribution in [0.1, 0.15) is 42.7 Å². The molecule has 148 valence electrons. The summed E-state index contributed by atoms with van der Waals surface area (Å²) < 4.78 is 43.5. The van der Waals surface area contributed by atoms with Crippen molar-refractivity contribution in [3.8, 4) is 0 Å². The van der Waals surface area contributed by atoms with Crippen molar-refractivity contribution < 1.29 is 27.3 Å². The van der Waals surface area contributed by atoms with Crippen LogP contribution in [0.5, 0.6) is 0 Å². The standard InChI is InChI=1S/C19H25O6PS/c20-26(21,22)19(27(23,24)25)15-14-18(17-11-5-2-6-12-17)13-7-10-16-8-3-1-4-9-16/h1-6,8-9,11-12,18-19H,7,10,13-15H2,(H2,20,21,22)(H,23,24,25). The van der Waals surface area contributed by atoms with E-state index in [0.29, 0.717) is 0 Å². The third-order valence-electron chi connectivity index (χ3n) is 4.61. The summed E-state index contributed by atoms with van der Waals surface area (Å²) in [6.45, 7) is 0. The lowest BCUT2D eigenvalue weighted by molar-refractivity contribution is 0.358. The van der Waals surface area contributed by atoms with E-state index >= 15 is 0 Å². The molecule has 0 aliphatic carbocycles. The molecule has 0 saturated carbocycles. The topological polar surface area (TPSA) is 112 Å². The zero-order valence-electron chi connectivity index (χ0n) is 14.9. The maximum absolute atomic E-state index is 11.5. The van der Waals surface area contributed by atoms with Gasteiger partial charge in [-0.25, -0.2) is 0 Å². The molecule has 3 N–H and O–H groups in total. The summed E-state index contributed by atoms with van der Waals surface area (Å²) in [4.78, 5) is 16.5. The van der Waals surface area contributed by atoms with Crippen LogP contribution in [0.3, 0.4) is 0 Å². The van der Waals surface area contributed by atoms with Crippen molar-refractivity contribution in [1.82, 2.24) is 0 Å². The summed E-state index contributed by atoms with van der Waals surface area (Å²) in [7, 11) is -9.78. The van der Waals surface area contributed by atoms with E-state index in [0.717, 1.165) is 24.8 Å². The molecule has 2 aromatic rings. The maximum atomic E-state index is 11.5. The van der Waals surface area contributed by atoms with E-state index in [1.807, 2.05) is 60.7 Å². The highest BCUT2D eigenvalue weighted by Crippen LogP contribution is 2.47. The molecule has 0 fully saturated rings. The largest absolute Gasteiger partial charge is 0.346 e. The molecule has 0 aromatic heterocycles. The number of benzene rings is 2. The minimum Gasteiger partial charge on any atom is -0.323 e. The van der Waals surface area contributed by atoms with Crippen molar-refractivity contribution >= 4 is 17.7 Å². The number of hydrogen-bond donors (Lipinski definition) is 3. The fraction of sp³-hybridized carbons (Fsp3) is 0.368. The zero-order chi connectivity index (χ0) is 19.9. The Kier molecular flexibility index (Phi) is 7.77. The van der Waals surface area contributed by atoms with Gasteiger partial charge in [-0.05, 0) is 49.1 Å². The lowest BCUT2D eigenvalue weighted by Crippen LogP contribution is -2.21. The summed E-state index contributed by atoms with van der Waals surface area (Å²) in [6, 6.07) is 19.5. The van der Waals surface area contributed by atoms with E-state index in [1.165, 1.54) is 5.56 Å². The first-order valence-corrected chi connectivity index (χ1v) is 12.0. The minimum absolute atomic E-state index is 0.0503. The molecule has 2 aromatic carbocycles. The SMILES string of the molecule is O=P(O)(O)C(CCC(CCCc1ccccc1)c1ccccc1)S(=O)(=O)O. The van der Waals surface area contributed by atoms with Crippen molar-refractivity contribution in [3.63, 3.8) is 0 Å². The Hall–Kier alpha value is -1.50. The molecule has 6 nitrogen and oxygen atoms in total. The number of rotatable bonds is 10. The van der Waals surface area contributed by atoms with Crippen molar-refractivity contribution in [2.45, 2.75) is 43.0 Å². The highest BCUT2D eigenvalue weighted by Gasteiger charge is 2.39. The molecule has 0 saturated heterocycles. The summed E-state index contributed by atoms with van der Waals surface area (Å²) in [5.41, 5.74) is 2.20. The molecule has 2 atom stereocenters. The molecular formula is C19H25O6PS. The minimum atomic E-state index is -4.96. The average Bonchev–Trinajstić information content (AvgIpc) is 2.60. The maximum Gasteiger partial charge on any atom is 0.346 e. The molecule has 27 heavy (non-hydrogen) atoms. The lowest BCUT2D eigenvalue weighted by atomic mass is 9.89. The highest BCUT2D eigenvalue weighted by atomic mass is 32.2. The molecular weight excluding hydrogens is 387 g/mol. The van der Waals surface area contributed by atoms with Gasteiger partial charge >= 0.3 is 7.60 Å². The molecule has 0 bridgehead atoms. The third-order valence-corrected chi connectivity index (χ3v) is 8.17. The smallest absolute Gasteiger partial charge is 0.323 e. The Morgan fingerprint density at radius 3 is 1.93 bits per heavy atom. The normalized spacial score (nSPS) is 14.6. The van der Waals surface area contributed by atoms with Crippen LogP contribution in [0.15, 0.2) is 60.7 Å². The van der Waals surface area contributed by atoms with Crippen molar-refractivity contribution in [2.24, 2.45) is 0 Å². The van der Waals surface area contributed by atoms with Crippen molar-refractivity contribution in [2.75, 3.05) is 0 Å². The van der Waals surface area contributed by atoms with Gasteiger partial charge in [0.15, 0.2) is 4.99 Å². The average molecular weight is 412 g/mol. The summed E-state index contributed by atoms with van der Waals surface area (Å²) >= 11 is 0. The molecule has 0 radical (unpaired) electrons. The Morgan fingerprint density at radius 2 is 1.41 bits per heavy atom. The molecule has 0 spiro atoms. The molecule has 2 unspecified atom stereocenters. The van der Waals surface area contributed by atoms with E-state index < -0.39 is 22.7 Å². The van der Waals surface area contributed by atoms with Crippen LogP contribution in [0, 0.1) is 0 Å². The molecule has 2 rings (SSSR count). The lowest BCUT2D eigenvalue weighted by Gasteiger charge is -2.21. The van der Waals surface area contributed by atoms with Gasteiger partial charge in [-0.1, -0.05) is 60.7 Å². The van der Waals surface area contributed by atoms with Gasteiger partial charge in [-0.2, -0.15) is 8.42 Å². The van der Waals surface area contributed by atoms with E-state index in [-0.39, 0.29) is 18.8 Å². The van der Waals surface area contributed by atoms with Crippen molar-refractivity contribution in [1.29, 1.82) is 0 Å². The van der Waals surface area contributed by atoms with Gasteiger partial charge in [-0.3, -0.25) is 9.12 Å². The Morgan fingerprint density at radius 1 is 0.852 bits per heavy atom. The fourth-order valence-electron chi connectivity index (χ4n) is 3.23. The van der Waals surface area contributed by atoms with Crippen LogP contribution in [-0.2, 0) is 21.1 Å². The van der Waals surface area contributed by atoms with E-state index in [1.54, 1.807) is 0 Å². The third kappa shape index (κ3) is 7.20. The Balaban J connectivity index is 2.07. The summed E-state index contributed by atoms with van der Waals surface area (Å²) in [5.74, 6) is -0.0503. The Labute approximate surface area is 160 Å². The first-order valence-electron chi connectivity index (χ1n) is 8.78. The van der Waals surface area contributed by atoms with E-state index in [4.69, 9.17) is 0 Å². The van der Waals surface area contributed by atoms with Gasteiger partial charge in [0.05, 0.1) is 0 Å². The number of hydrogen-bond acceptors (Lipinski definition) is 3. The second kappa shape index (κ2) is 9.62. The second-order valence-corrected chi connectivity index (χ2v) is 10.4. The monoisotopic (exact) mass is 412 g/mol. The van der Waals surface area contributed by atoms with Gasteiger partial charge in [0.1, 0.15) is 0 Å². The first kappa shape index (κ1) is 21.8. The predicted octanol–water partition coefficient (Wildman–Crippen LogP) is 3.96. The number of aryl methyl sites for hydroxylation is 1. The van der Waals surface area contributed by atoms with Gasteiger partial charge < -0.3 is 9.79 Å². The van der Waals surface area contributed by atoms with Gasteiger partial charge in [0, 0.05) is 0 Å². The zero-order valence-corrected chi connectivity index (χ0v) is 16.6. The predicted molar refractivity (Wildman–Crippen MR) is 105 cm³/mol. The Bertz CT molecular complexity index is 848. The molecule has 0 aliphatic heterocycles. The highest BCUT2D eigenvalue weighted by molar-refractivity contribution is 7.93. The molecule has 8 heteroatoms. The molecule has 0 aliphatic rings. The van der Waals surface area contributed by atoms with Crippen LogP contribution in [-0.4, -0.2) is 27.7 Å². The van der Waals surface area contributed by atoms with Crippen molar-refractivity contribution in [3.05, 3.63) is 71.8 Å².